The van der Waals surface area contributed by atoms with E-state index >= 15 is 0 Å². The molecule has 0 aliphatic heterocycles. The summed E-state index contributed by atoms with van der Waals surface area (Å²) in [5, 5.41) is 2.87. The molecule has 1 amide bonds. The Hall–Kier alpha value is -4.26. The topological polar surface area (TPSA) is 81.2 Å². The predicted molar refractivity (Wildman–Crippen MR) is 114 cm³/mol. The van der Waals surface area contributed by atoms with Crippen LogP contribution in [0, 0.1) is 12.7 Å². The normalized spacial score (nSPS) is 11.0. The number of aromatic nitrogens is 2. The molecule has 2 aromatic heterocycles. The Labute approximate surface area is 176 Å². The van der Waals surface area contributed by atoms with Crippen LogP contribution in [0.5, 0.6) is 0 Å². The first kappa shape index (κ1) is 18.7. The second-order valence-corrected chi connectivity index (χ2v) is 6.92. The third-order valence-electron chi connectivity index (χ3n) is 4.80. The quantitative estimate of drug-likeness (QED) is 0.400. The minimum atomic E-state index is -0.408. The number of halogens is 1. The van der Waals surface area contributed by atoms with Crippen molar-refractivity contribution in [3.8, 4) is 22.8 Å². The number of anilines is 1. The van der Waals surface area contributed by atoms with Crippen molar-refractivity contribution in [3.63, 3.8) is 0 Å². The van der Waals surface area contributed by atoms with Gasteiger partial charge in [-0.25, -0.2) is 14.4 Å². The number of nitrogens with zero attached hydrogens (tertiary/aromatic N) is 2. The van der Waals surface area contributed by atoms with Gasteiger partial charge >= 0.3 is 0 Å². The van der Waals surface area contributed by atoms with Gasteiger partial charge in [0.05, 0.1) is 17.3 Å². The molecule has 7 heteroatoms. The average molecular weight is 413 g/mol. The minimum absolute atomic E-state index is 0.228. The summed E-state index contributed by atoms with van der Waals surface area (Å²) in [5.41, 5.74) is 3.07. The molecule has 2 heterocycles. The van der Waals surface area contributed by atoms with E-state index in [2.05, 4.69) is 15.3 Å². The van der Waals surface area contributed by atoms with E-state index in [0.717, 1.165) is 0 Å². The number of benzene rings is 3. The Morgan fingerprint density at radius 1 is 0.968 bits per heavy atom. The van der Waals surface area contributed by atoms with Crippen molar-refractivity contribution in [1.29, 1.82) is 0 Å². The molecule has 5 aromatic rings. The number of oxazole rings is 2. The first-order valence-electron chi connectivity index (χ1n) is 9.57. The highest BCUT2D eigenvalue weighted by Gasteiger charge is 2.18. The van der Waals surface area contributed by atoms with Crippen molar-refractivity contribution < 1.29 is 18.0 Å². The first-order valence-corrected chi connectivity index (χ1v) is 9.57. The Morgan fingerprint density at radius 3 is 2.58 bits per heavy atom. The number of amides is 1. The molecule has 0 bridgehead atoms. The van der Waals surface area contributed by atoms with E-state index in [-0.39, 0.29) is 17.6 Å². The zero-order valence-electron chi connectivity index (χ0n) is 16.4. The summed E-state index contributed by atoms with van der Waals surface area (Å²) >= 11 is 0. The lowest BCUT2D eigenvalue weighted by Crippen LogP contribution is -2.13. The van der Waals surface area contributed by atoms with Crippen LogP contribution in [-0.2, 0) is 0 Å². The standard InChI is InChI=1S/C24H16FN3O3/c1-14-27-20-12-15(10-11-21(20)30-14)28-23(29)16-6-2-3-7-17(16)24-26-13-22(31-24)18-8-4-5-9-19(18)25/h2-13H,1H3,(H,28,29). The van der Waals surface area contributed by atoms with E-state index in [4.69, 9.17) is 8.83 Å². The van der Waals surface area contributed by atoms with Crippen LogP contribution in [0.25, 0.3) is 33.9 Å². The molecule has 0 radical (unpaired) electrons. The van der Waals surface area contributed by atoms with Gasteiger partial charge < -0.3 is 14.2 Å². The van der Waals surface area contributed by atoms with E-state index in [1.807, 2.05) is 0 Å². The van der Waals surface area contributed by atoms with Crippen molar-refractivity contribution in [2.75, 3.05) is 5.32 Å². The van der Waals surface area contributed by atoms with E-state index < -0.39 is 5.82 Å². The van der Waals surface area contributed by atoms with Crippen molar-refractivity contribution in [2.24, 2.45) is 0 Å². The molecule has 6 nitrogen and oxygen atoms in total. The lowest BCUT2D eigenvalue weighted by molar-refractivity contribution is 0.102. The Balaban J connectivity index is 1.46. The minimum Gasteiger partial charge on any atom is -0.441 e. The van der Waals surface area contributed by atoms with Crippen molar-refractivity contribution in [2.45, 2.75) is 6.92 Å². The van der Waals surface area contributed by atoms with Crippen LogP contribution in [0.3, 0.4) is 0 Å². The smallest absolute Gasteiger partial charge is 0.256 e. The van der Waals surface area contributed by atoms with E-state index in [1.165, 1.54) is 12.3 Å². The summed E-state index contributed by atoms with van der Waals surface area (Å²) in [7, 11) is 0. The molecule has 1 N–H and O–H groups in total. The zero-order chi connectivity index (χ0) is 21.4. The van der Waals surface area contributed by atoms with E-state index in [1.54, 1.807) is 67.6 Å². The molecule has 0 spiro atoms. The van der Waals surface area contributed by atoms with Crippen LogP contribution in [0.15, 0.2) is 81.8 Å². The summed E-state index contributed by atoms with van der Waals surface area (Å²) in [4.78, 5) is 21.5. The molecule has 0 saturated heterocycles. The molecule has 0 unspecified atom stereocenters. The molecule has 0 atom stereocenters. The van der Waals surface area contributed by atoms with Crippen LogP contribution >= 0.6 is 0 Å². The van der Waals surface area contributed by atoms with Gasteiger partial charge in [-0.3, -0.25) is 4.79 Å². The maximum atomic E-state index is 14.1. The SMILES string of the molecule is Cc1nc2cc(NC(=O)c3ccccc3-c3ncc(-c4ccccc4F)o3)ccc2o1. The van der Waals surface area contributed by atoms with Gasteiger partial charge in [0.2, 0.25) is 5.89 Å². The fraction of sp³-hybridized carbons (Fsp3) is 0.0417. The summed E-state index contributed by atoms with van der Waals surface area (Å²) in [6.45, 7) is 1.76. The van der Waals surface area contributed by atoms with Crippen molar-refractivity contribution in [3.05, 3.63) is 90.2 Å². The van der Waals surface area contributed by atoms with Gasteiger partial charge in [0, 0.05) is 18.2 Å². The zero-order valence-corrected chi connectivity index (χ0v) is 16.4. The molecular formula is C24H16FN3O3. The lowest BCUT2D eigenvalue weighted by Gasteiger charge is -2.08. The fourth-order valence-corrected chi connectivity index (χ4v) is 3.37. The molecular weight excluding hydrogens is 397 g/mol. The number of rotatable bonds is 4. The Kier molecular flexibility index (Phi) is 4.55. The van der Waals surface area contributed by atoms with Gasteiger partial charge in [0.15, 0.2) is 17.2 Å². The molecule has 0 aliphatic carbocycles. The monoisotopic (exact) mass is 413 g/mol. The second kappa shape index (κ2) is 7.53. The van der Waals surface area contributed by atoms with Gasteiger partial charge in [0.25, 0.3) is 5.91 Å². The Morgan fingerprint density at radius 2 is 1.74 bits per heavy atom. The second-order valence-electron chi connectivity index (χ2n) is 6.92. The lowest BCUT2D eigenvalue weighted by atomic mass is 10.1. The summed E-state index contributed by atoms with van der Waals surface area (Å²) in [5.74, 6) is 0.329. The summed E-state index contributed by atoms with van der Waals surface area (Å²) in [6.07, 6.45) is 1.45. The maximum absolute atomic E-state index is 14.1. The van der Waals surface area contributed by atoms with E-state index in [9.17, 15) is 9.18 Å². The van der Waals surface area contributed by atoms with Gasteiger partial charge in [-0.1, -0.05) is 24.3 Å². The van der Waals surface area contributed by atoms with Gasteiger partial charge in [-0.2, -0.15) is 0 Å². The Bertz CT molecular complexity index is 1420. The summed E-state index contributed by atoms with van der Waals surface area (Å²) < 4.78 is 25.3. The highest BCUT2D eigenvalue weighted by atomic mass is 19.1. The highest BCUT2D eigenvalue weighted by Crippen LogP contribution is 2.30. The van der Waals surface area contributed by atoms with Gasteiger partial charge in [0.1, 0.15) is 11.3 Å². The molecule has 152 valence electrons. The molecule has 31 heavy (non-hydrogen) atoms. The van der Waals surface area contributed by atoms with Gasteiger partial charge in [-0.05, 0) is 42.5 Å². The van der Waals surface area contributed by atoms with Crippen molar-refractivity contribution >= 4 is 22.7 Å². The van der Waals surface area contributed by atoms with Crippen molar-refractivity contribution in [1.82, 2.24) is 9.97 Å². The first-order chi connectivity index (χ1) is 15.1. The van der Waals surface area contributed by atoms with Crippen LogP contribution in [0.1, 0.15) is 16.2 Å². The number of fused-ring (bicyclic) bond motifs is 1. The fourth-order valence-electron chi connectivity index (χ4n) is 3.37. The van der Waals surface area contributed by atoms with E-state index in [0.29, 0.717) is 39.4 Å². The van der Waals surface area contributed by atoms with Crippen LogP contribution in [-0.4, -0.2) is 15.9 Å². The molecule has 0 aliphatic rings. The number of hydrogen-bond acceptors (Lipinski definition) is 5. The predicted octanol–water partition coefficient (Wildman–Crippen LogP) is 5.85. The van der Waals surface area contributed by atoms with Crippen LogP contribution in [0.4, 0.5) is 10.1 Å². The molecule has 5 rings (SSSR count). The maximum Gasteiger partial charge on any atom is 0.256 e. The van der Waals surface area contributed by atoms with Crippen LogP contribution < -0.4 is 5.32 Å². The summed E-state index contributed by atoms with van der Waals surface area (Å²) in [6, 6.07) is 18.5. The number of hydrogen-bond donors (Lipinski definition) is 1. The molecule has 0 fully saturated rings. The van der Waals surface area contributed by atoms with Crippen LogP contribution in [0.2, 0.25) is 0 Å². The third-order valence-corrected chi connectivity index (χ3v) is 4.80. The van der Waals surface area contributed by atoms with Gasteiger partial charge in [-0.15, -0.1) is 0 Å². The average Bonchev–Trinajstić information content (AvgIpc) is 3.40. The third kappa shape index (κ3) is 3.57. The largest absolute Gasteiger partial charge is 0.441 e. The number of carbonyl (C=O) groups is 1. The molecule has 3 aromatic carbocycles. The number of nitrogens with one attached hydrogen (secondary N) is 1. The highest BCUT2D eigenvalue weighted by molar-refractivity contribution is 6.08. The molecule has 0 saturated carbocycles. The number of aryl methyl sites for hydroxylation is 1. The number of carbonyl (C=O) groups excluding carboxylic acids is 1.